The number of nitrogens with zero attached hydrogens (tertiary/aromatic N) is 1. The highest BCUT2D eigenvalue weighted by molar-refractivity contribution is 5.89. The quantitative estimate of drug-likeness (QED) is 0.810. The van der Waals surface area contributed by atoms with Crippen LogP contribution in [-0.2, 0) is 17.8 Å². The summed E-state index contributed by atoms with van der Waals surface area (Å²) in [5.41, 5.74) is 2.45. The Labute approximate surface area is 114 Å². The monoisotopic (exact) mass is 255 g/mol. The molecule has 0 N–H and O–H groups in total. The van der Waals surface area contributed by atoms with E-state index in [-0.39, 0.29) is 5.78 Å². The Hall–Kier alpha value is -1.57. The Morgan fingerprint density at radius 1 is 1.26 bits per heavy atom. The van der Waals surface area contributed by atoms with Crippen LogP contribution in [0.15, 0.2) is 30.5 Å². The molecule has 0 aliphatic heterocycles. The van der Waals surface area contributed by atoms with Crippen molar-refractivity contribution in [3.05, 3.63) is 36.0 Å². The van der Waals surface area contributed by atoms with Gasteiger partial charge in [0.15, 0.2) is 0 Å². The Balaban J connectivity index is 1.91. The Bertz CT molecular complexity index is 590. The van der Waals surface area contributed by atoms with Gasteiger partial charge in [-0.25, -0.2) is 0 Å². The van der Waals surface area contributed by atoms with Gasteiger partial charge in [0.2, 0.25) is 0 Å². The van der Waals surface area contributed by atoms with Crippen LogP contribution in [0.25, 0.3) is 10.9 Å². The van der Waals surface area contributed by atoms with Gasteiger partial charge in [-0.3, -0.25) is 4.79 Å². The predicted molar refractivity (Wildman–Crippen MR) is 78.3 cm³/mol. The van der Waals surface area contributed by atoms with Crippen molar-refractivity contribution in [2.75, 3.05) is 0 Å². The molecule has 0 saturated heterocycles. The van der Waals surface area contributed by atoms with Crippen LogP contribution in [0.4, 0.5) is 0 Å². The largest absolute Gasteiger partial charge is 0.347 e. The van der Waals surface area contributed by atoms with Crippen LogP contribution in [0.1, 0.15) is 38.2 Å². The van der Waals surface area contributed by atoms with Gasteiger partial charge in [0.05, 0.1) is 0 Å². The predicted octanol–water partition coefficient (Wildman–Crippen LogP) is 3.96. The second-order valence-corrected chi connectivity index (χ2v) is 5.85. The Morgan fingerprint density at radius 3 is 2.79 bits per heavy atom. The number of ketones is 1. The van der Waals surface area contributed by atoms with Crippen molar-refractivity contribution in [3.63, 3.8) is 0 Å². The molecule has 19 heavy (non-hydrogen) atoms. The fourth-order valence-electron chi connectivity index (χ4n) is 3.34. The molecule has 1 aromatic heterocycles. The van der Waals surface area contributed by atoms with E-state index in [2.05, 4.69) is 35.0 Å². The molecule has 3 rings (SSSR count). The smallest absolute Gasteiger partial charge is 0.134 e. The molecule has 1 fully saturated rings. The van der Waals surface area contributed by atoms with Crippen molar-refractivity contribution in [1.29, 1.82) is 0 Å². The van der Waals surface area contributed by atoms with Crippen LogP contribution >= 0.6 is 0 Å². The van der Waals surface area contributed by atoms with Crippen molar-refractivity contribution < 1.29 is 4.79 Å². The first-order chi connectivity index (χ1) is 9.24. The van der Waals surface area contributed by atoms with E-state index in [0.29, 0.717) is 6.42 Å². The van der Waals surface area contributed by atoms with Crippen LogP contribution < -0.4 is 0 Å². The second-order valence-electron chi connectivity index (χ2n) is 5.85. The van der Waals surface area contributed by atoms with Crippen LogP contribution in [0.2, 0.25) is 0 Å². The second kappa shape index (κ2) is 5.20. The van der Waals surface area contributed by atoms with E-state index >= 15 is 0 Å². The lowest BCUT2D eigenvalue weighted by Crippen LogP contribution is -2.06. The third-order valence-electron chi connectivity index (χ3n) is 4.27. The molecule has 0 spiro atoms. The van der Waals surface area contributed by atoms with Gasteiger partial charge < -0.3 is 4.57 Å². The zero-order chi connectivity index (χ0) is 13.2. The van der Waals surface area contributed by atoms with Gasteiger partial charge in [0.25, 0.3) is 0 Å². The third-order valence-corrected chi connectivity index (χ3v) is 4.27. The van der Waals surface area contributed by atoms with Crippen molar-refractivity contribution in [1.82, 2.24) is 4.57 Å². The summed E-state index contributed by atoms with van der Waals surface area (Å²) < 4.78 is 2.37. The number of Topliss-reactive ketones (excluding diaryl/α,β-unsaturated/α-hetero) is 1. The molecule has 0 radical (unpaired) electrons. The first kappa shape index (κ1) is 12.5. The number of aromatic nitrogens is 1. The molecule has 1 aliphatic rings. The van der Waals surface area contributed by atoms with E-state index in [9.17, 15) is 4.79 Å². The molecule has 1 aromatic carbocycles. The summed E-state index contributed by atoms with van der Waals surface area (Å²) in [5, 5.41) is 1.25. The first-order valence-corrected chi connectivity index (χ1v) is 7.30. The van der Waals surface area contributed by atoms with Crippen LogP contribution in [0, 0.1) is 5.92 Å². The molecule has 1 aliphatic carbocycles. The number of carbonyl (C=O) groups is 1. The van der Waals surface area contributed by atoms with Gasteiger partial charge in [0, 0.05) is 30.1 Å². The first-order valence-electron chi connectivity index (χ1n) is 7.30. The molecule has 0 unspecified atom stereocenters. The highest BCUT2D eigenvalue weighted by Gasteiger charge is 2.16. The number of fused-ring (bicyclic) bond motifs is 1. The van der Waals surface area contributed by atoms with Gasteiger partial charge in [-0.2, -0.15) is 0 Å². The van der Waals surface area contributed by atoms with E-state index in [1.807, 2.05) is 0 Å². The van der Waals surface area contributed by atoms with Gasteiger partial charge in [-0.05, 0) is 43.4 Å². The summed E-state index contributed by atoms with van der Waals surface area (Å²) in [5.74, 6) is 1.07. The standard InChI is InChI=1S/C17H21NO/c1-13(19)11-15-7-4-8-17-16(15)9-10-18(17)12-14-5-2-3-6-14/h4,7-10,14H,2-3,5-6,11-12H2,1H3. The van der Waals surface area contributed by atoms with Crippen molar-refractivity contribution in [2.45, 2.75) is 45.6 Å². The maximum atomic E-state index is 11.3. The minimum atomic E-state index is 0.232. The molecule has 100 valence electrons. The summed E-state index contributed by atoms with van der Waals surface area (Å²) >= 11 is 0. The van der Waals surface area contributed by atoms with E-state index in [4.69, 9.17) is 0 Å². The SMILES string of the molecule is CC(=O)Cc1cccc2c1ccn2CC1CCCC1. The maximum absolute atomic E-state index is 11.3. The molecular formula is C17H21NO. The van der Waals surface area contributed by atoms with Gasteiger partial charge in [-0.1, -0.05) is 25.0 Å². The average Bonchev–Trinajstić information content (AvgIpc) is 3.00. The fraction of sp³-hybridized carbons (Fsp3) is 0.471. The van der Waals surface area contributed by atoms with E-state index < -0.39 is 0 Å². The summed E-state index contributed by atoms with van der Waals surface area (Å²) in [6.45, 7) is 2.79. The zero-order valence-electron chi connectivity index (χ0n) is 11.6. The van der Waals surface area contributed by atoms with Crippen molar-refractivity contribution in [3.8, 4) is 0 Å². The molecule has 1 saturated carbocycles. The Morgan fingerprint density at radius 2 is 2.05 bits per heavy atom. The zero-order valence-corrected chi connectivity index (χ0v) is 11.6. The van der Waals surface area contributed by atoms with Crippen LogP contribution in [-0.4, -0.2) is 10.4 Å². The molecule has 2 heteroatoms. The highest BCUT2D eigenvalue weighted by atomic mass is 16.1. The molecule has 2 nitrogen and oxygen atoms in total. The number of hydrogen-bond donors (Lipinski definition) is 0. The molecular weight excluding hydrogens is 234 g/mol. The number of carbonyl (C=O) groups excluding carboxylic acids is 1. The van der Waals surface area contributed by atoms with E-state index in [1.54, 1.807) is 6.92 Å². The third kappa shape index (κ3) is 2.58. The van der Waals surface area contributed by atoms with Gasteiger partial charge in [0.1, 0.15) is 5.78 Å². The fourth-order valence-corrected chi connectivity index (χ4v) is 3.34. The summed E-state index contributed by atoms with van der Waals surface area (Å²) in [6, 6.07) is 8.49. The summed E-state index contributed by atoms with van der Waals surface area (Å²) in [4.78, 5) is 11.3. The van der Waals surface area contributed by atoms with Crippen molar-refractivity contribution >= 4 is 16.7 Å². The molecule has 1 heterocycles. The topological polar surface area (TPSA) is 22.0 Å². The average molecular weight is 255 g/mol. The summed E-state index contributed by atoms with van der Waals surface area (Å²) in [6.07, 6.45) is 8.25. The lowest BCUT2D eigenvalue weighted by Gasteiger charge is -2.12. The van der Waals surface area contributed by atoms with Gasteiger partial charge >= 0.3 is 0 Å². The Kier molecular flexibility index (Phi) is 3.41. The lowest BCUT2D eigenvalue weighted by molar-refractivity contribution is -0.116. The van der Waals surface area contributed by atoms with Gasteiger partial charge in [-0.15, -0.1) is 0 Å². The van der Waals surface area contributed by atoms with E-state index in [0.717, 1.165) is 18.0 Å². The van der Waals surface area contributed by atoms with Crippen molar-refractivity contribution in [2.24, 2.45) is 5.92 Å². The summed E-state index contributed by atoms with van der Waals surface area (Å²) in [7, 11) is 0. The van der Waals surface area contributed by atoms with E-state index in [1.165, 1.54) is 36.6 Å². The molecule has 0 bridgehead atoms. The number of hydrogen-bond acceptors (Lipinski definition) is 1. The maximum Gasteiger partial charge on any atom is 0.134 e. The highest BCUT2D eigenvalue weighted by Crippen LogP contribution is 2.28. The minimum Gasteiger partial charge on any atom is -0.347 e. The molecule has 0 amide bonds. The molecule has 2 aromatic rings. The number of rotatable bonds is 4. The van der Waals surface area contributed by atoms with Crippen LogP contribution in [0.3, 0.4) is 0 Å². The minimum absolute atomic E-state index is 0.232. The lowest BCUT2D eigenvalue weighted by atomic mass is 10.0. The normalized spacial score (nSPS) is 16.3. The molecule has 0 atom stereocenters. The van der Waals surface area contributed by atoms with Crippen LogP contribution in [0.5, 0.6) is 0 Å². The number of benzene rings is 1.